The van der Waals surface area contributed by atoms with Crippen LogP contribution in [0, 0.1) is 0 Å². The Labute approximate surface area is 182 Å². The quantitative estimate of drug-likeness (QED) is 0.360. The fourth-order valence-electron chi connectivity index (χ4n) is 3.07. The number of thiazole rings is 1. The molecule has 0 aliphatic carbocycles. The van der Waals surface area contributed by atoms with Crippen LogP contribution in [0.4, 0.5) is 0 Å². The van der Waals surface area contributed by atoms with Gasteiger partial charge < -0.3 is 4.57 Å². The fourth-order valence-corrected chi connectivity index (χ4v) is 4.70. The van der Waals surface area contributed by atoms with Crippen LogP contribution in [0.25, 0.3) is 21.7 Å². The molecule has 0 aliphatic heterocycles. The number of rotatable bonds is 3. The van der Waals surface area contributed by atoms with Gasteiger partial charge in [0.05, 0.1) is 21.2 Å². The fraction of sp³-hybridized carbons (Fsp3) is 0.0435. The van der Waals surface area contributed by atoms with Gasteiger partial charge in [-0.15, -0.1) is 0 Å². The average molecular weight is 439 g/mol. The Hall–Kier alpha value is -2.66. The summed E-state index contributed by atoms with van der Waals surface area (Å²) in [5.74, 6) is -0.400. The number of carbonyl (C=O) groups excluding carboxylic acids is 1. The number of nitrogens with zero attached hydrogens (tertiary/aromatic N) is 2. The van der Waals surface area contributed by atoms with Gasteiger partial charge in [0, 0.05) is 12.1 Å². The topological polar surface area (TPSA) is 34.4 Å². The van der Waals surface area contributed by atoms with Gasteiger partial charge in [-0.05, 0) is 29.3 Å². The standard InChI is InChI=1S/C23H16Cl2N2OS/c1-27-20(15-8-4-2-5-9-15)21(16-10-6-3-7-11-16)29-23(27)26-22(28)18-13-12-17(24)14-19(18)25/h2-14H,1H3. The van der Waals surface area contributed by atoms with E-state index < -0.39 is 5.91 Å². The summed E-state index contributed by atoms with van der Waals surface area (Å²) >= 11 is 13.6. The summed E-state index contributed by atoms with van der Waals surface area (Å²) in [5, 5.41) is 0.767. The van der Waals surface area contributed by atoms with Crippen molar-refractivity contribution in [1.29, 1.82) is 0 Å². The van der Waals surface area contributed by atoms with Crippen LogP contribution in [-0.4, -0.2) is 10.5 Å². The van der Waals surface area contributed by atoms with Crippen molar-refractivity contribution in [3.63, 3.8) is 0 Å². The molecule has 0 spiro atoms. The first-order valence-corrected chi connectivity index (χ1v) is 10.5. The normalized spacial score (nSPS) is 11.6. The highest BCUT2D eigenvalue weighted by Gasteiger charge is 2.16. The smallest absolute Gasteiger partial charge is 0.281 e. The predicted octanol–water partition coefficient (Wildman–Crippen LogP) is 6.47. The molecule has 1 heterocycles. The van der Waals surface area contributed by atoms with Crippen molar-refractivity contribution in [3.05, 3.63) is 99.3 Å². The molecular weight excluding hydrogens is 423 g/mol. The largest absolute Gasteiger partial charge is 0.319 e. The summed E-state index contributed by atoms with van der Waals surface area (Å²) in [6.45, 7) is 0. The van der Waals surface area contributed by atoms with Crippen molar-refractivity contribution in [2.24, 2.45) is 12.0 Å². The third-order valence-electron chi connectivity index (χ3n) is 4.47. The molecule has 1 amide bonds. The Bertz CT molecular complexity index is 1250. The van der Waals surface area contributed by atoms with Crippen LogP contribution < -0.4 is 4.80 Å². The van der Waals surface area contributed by atoms with Gasteiger partial charge in [-0.2, -0.15) is 4.99 Å². The molecule has 0 radical (unpaired) electrons. The van der Waals surface area contributed by atoms with E-state index in [-0.39, 0.29) is 5.02 Å². The zero-order valence-corrected chi connectivity index (χ0v) is 17.8. The molecule has 0 saturated heterocycles. The summed E-state index contributed by atoms with van der Waals surface area (Å²) < 4.78 is 1.95. The first-order chi connectivity index (χ1) is 14.0. The van der Waals surface area contributed by atoms with Crippen LogP contribution in [-0.2, 0) is 7.05 Å². The molecule has 0 fully saturated rings. The van der Waals surface area contributed by atoms with E-state index in [1.807, 2.05) is 48.0 Å². The second-order valence-corrected chi connectivity index (χ2v) is 8.22. The number of halogens is 2. The molecule has 0 aliphatic rings. The Morgan fingerprint density at radius 3 is 2.14 bits per heavy atom. The van der Waals surface area contributed by atoms with E-state index in [1.54, 1.807) is 18.2 Å². The predicted molar refractivity (Wildman–Crippen MR) is 121 cm³/mol. The number of amides is 1. The number of carbonyl (C=O) groups is 1. The van der Waals surface area contributed by atoms with Crippen molar-refractivity contribution in [1.82, 2.24) is 4.57 Å². The molecule has 3 aromatic carbocycles. The van der Waals surface area contributed by atoms with Gasteiger partial charge in [-0.1, -0.05) is 95.2 Å². The van der Waals surface area contributed by atoms with E-state index in [0.29, 0.717) is 15.4 Å². The summed E-state index contributed by atoms with van der Waals surface area (Å²) in [7, 11) is 1.92. The van der Waals surface area contributed by atoms with Crippen molar-refractivity contribution in [2.45, 2.75) is 0 Å². The number of aromatic nitrogens is 1. The second-order valence-electron chi connectivity index (χ2n) is 6.39. The SMILES string of the molecule is Cn1c(-c2ccccc2)c(-c2ccccc2)sc1=NC(=O)c1ccc(Cl)cc1Cl. The van der Waals surface area contributed by atoms with Gasteiger partial charge in [-0.3, -0.25) is 4.79 Å². The maximum Gasteiger partial charge on any atom is 0.281 e. The lowest BCUT2D eigenvalue weighted by Gasteiger charge is -2.07. The van der Waals surface area contributed by atoms with Crippen molar-refractivity contribution in [3.8, 4) is 21.7 Å². The molecule has 0 N–H and O–H groups in total. The Kier molecular flexibility index (Phi) is 5.67. The molecule has 0 saturated carbocycles. The molecular formula is C23H16Cl2N2OS. The van der Waals surface area contributed by atoms with Crippen molar-refractivity contribution < 1.29 is 4.79 Å². The minimum atomic E-state index is -0.400. The Morgan fingerprint density at radius 2 is 1.52 bits per heavy atom. The molecule has 29 heavy (non-hydrogen) atoms. The summed E-state index contributed by atoms with van der Waals surface area (Å²) in [6.07, 6.45) is 0. The third kappa shape index (κ3) is 4.06. The molecule has 4 rings (SSSR count). The lowest BCUT2D eigenvalue weighted by Crippen LogP contribution is -2.14. The van der Waals surface area contributed by atoms with E-state index in [0.717, 1.165) is 21.7 Å². The monoisotopic (exact) mass is 438 g/mol. The van der Waals surface area contributed by atoms with E-state index >= 15 is 0 Å². The summed E-state index contributed by atoms with van der Waals surface area (Å²) in [6, 6.07) is 25.0. The summed E-state index contributed by atoms with van der Waals surface area (Å²) in [4.78, 5) is 18.8. The highest BCUT2D eigenvalue weighted by molar-refractivity contribution is 7.13. The van der Waals surface area contributed by atoms with E-state index in [4.69, 9.17) is 23.2 Å². The molecule has 0 atom stereocenters. The van der Waals surface area contributed by atoms with Gasteiger partial charge in [0.1, 0.15) is 0 Å². The minimum Gasteiger partial charge on any atom is -0.319 e. The Morgan fingerprint density at radius 1 is 0.897 bits per heavy atom. The van der Waals surface area contributed by atoms with Crippen LogP contribution in [0.3, 0.4) is 0 Å². The minimum absolute atomic E-state index is 0.289. The number of hydrogen-bond donors (Lipinski definition) is 0. The van der Waals surface area contributed by atoms with Gasteiger partial charge in [0.2, 0.25) is 0 Å². The van der Waals surface area contributed by atoms with Gasteiger partial charge in [0.25, 0.3) is 5.91 Å². The molecule has 3 nitrogen and oxygen atoms in total. The van der Waals surface area contributed by atoms with E-state index in [9.17, 15) is 4.79 Å². The highest BCUT2D eigenvalue weighted by atomic mass is 35.5. The van der Waals surface area contributed by atoms with Gasteiger partial charge >= 0.3 is 0 Å². The Balaban J connectivity index is 1.90. The summed E-state index contributed by atoms with van der Waals surface area (Å²) in [5.41, 5.74) is 3.47. The molecule has 144 valence electrons. The molecule has 4 aromatic rings. The first-order valence-electron chi connectivity index (χ1n) is 8.89. The lowest BCUT2D eigenvalue weighted by molar-refractivity contribution is 0.0998. The third-order valence-corrected chi connectivity index (χ3v) is 6.20. The van der Waals surface area contributed by atoms with Crippen LogP contribution in [0.15, 0.2) is 83.9 Å². The molecule has 0 unspecified atom stereocenters. The average Bonchev–Trinajstić information content (AvgIpc) is 3.05. The van der Waals surface area contributed by atoms with Crippen LogP contribution >= 0.6 is 34.5 Å². The van der Waals surface area contributed by atoms with Crippen molar-refractivity contribution in [2.75, 3.05) is 0 Å². The molecule has 6 heteroatoms. The van der Waals surface area contributed by atoms with Crippen LogP contribution in [0.2, 0.25) is 10.0 Å². The zero-order chi connectivity index (χ0) is 20.4. The number of benzene rings is 3. The molecule has 1 aromatic heterocycles. The van der Waals surface area contributed by atoms with Crippen LogP contribution in [0.1, 0.15) is 10.4 Å². The van der Waals surface area contributed by atoms with E-state index in [1.165, 1.54) is 11.3 Å². The van der Waals surface area contributed by atoms with Gasteiger partial charge in [-0.25, -0.2) is 0 Å². The second kappa shape index (κ2) is 8.37. The van der Waals surface area contributed by atoms with E-state index in [2.05, 4.69) is 29.3 Å². The first kappa shape index (κ1) is 19.6. The molecule has 0 bridgehead atoms. The maximum absolute atomic E-state index is 12.8. The van der Waals surface area contributed by atoms with Gasteiger partial charge in [0.15, 0.2) is 4.80 Å². The van der Waals surface area contributed by atoms with Crippen LogP contribution in [0.5, 0.6) is 0 Å². The highest BCUT2D eigenvalue weighted by Crippen LogP contribution is 2.34. The number of hydrogen-bond acceptors (Lipinski definition) is 2. The van der Waals surface area contributed by atoms with Crippen molar-refractivity contribution >= 4 is 40.4 Å². The zero-order valence-electron chi connectivity index (χ0n) is 15.5. The lowest BCUT2D eigenvalue weighted by atomic mass is 10.1. The maximum atomic E-state index is 12.8.